The van der Waals surface area contributed by atoms with E-state index in [0.29, 0.717) is 13.1 Å². The molecular weight excluding hydrogens is 589 g/mol. The van der Waals surface area contributed by atoms with Gasteiger partial charge in [0.25, 0.3) is 0 Å². The summed E-state index contributed by atoms with van der Waals surface area (Å²) >= 11 is 0. The Kier molecular flexibility index (Phi) is 44.3. The summed E-state index contributed by atoms with van der Waals surface area (Å²) in [5, 5.41) is 21.3. The largest absolute Gasteiger partial charge is 2.00 e. The van der Waals surface area contributed by atoms with Gasteiger partial charge < -0.3 is 29.6 Å². The fraction of sp³-hybridized carbons (Fsp3) is 0.737. The van der Waals surface area contributed by atoms with Gasteiger partial charge >= 0.3 is 37.7 Å². The first-order valence-corrected chi connectivity index (χ1v) is 17.7. The zero-order valence-electron chi connectivity index (χ0n) is 29.2. The quantitative estimate of drug-likeness (QED) is 0.0420. The molecule has 256 valence electrons. The smallest absolute Gasteiger partial charge is 0.550 e. The molecule has 0 amide bonds. The van der Waals surface area contributed by atoms with Crippen LogP contribution in [0.5, 0.6) is 0 Å². The Hall–Kier alpha value is -0.920. The molecule has 0 spiro atoms. The van der Waals surface area contributed by atoms with Gasteiger partial charge in [-0.1, -0.05) is 75.7 Å². The Balaban J connectivity index is -0.000000767. The molecule has 0 unspecified atom stereocenters. The van der Waals surface area contributed by atoms with Gasteiger partial charge in [0.15, 0.2) is 0 Å². The molecule has 0 aromatic carbocycles. The van der Waals surface area contributed by atoms with Gasteiger partial charge in [0.1, 0.15) is 0 Å². The first-order chi connectivity index (χ1) is 21.4. The number of nitrogens with zero attached hydrogens (tertiary/aromatic N) is 2. The number of carboxylic acids is 2. The van der Waals surface area contributed by atoms with Gasteiger partial charge in [0.05, 0.1) is 0 Å². The predicted molar refractivity (Wildman–Crippen MR) is 191 cm³/mol. The van der Waals surface area contributed by atoms with Crippen molar-refractivity contribution >= 4 is 49.7 Å². The average Bonchev–Trinajstić information content (AvgIpc) is 3.00. The molecule has 0 aliphatic rings. The number of unbranched alkanes of at least 4 members (excludes halogenated alkanes) is 16. The van der Waals surface area contributed by atoms with Crippen LogP contribution in [0.25, 0.3) is 0 Å². The predicted octanol–water partition coefficient (Wildman–Crippen LogP) is 7.02. The van der Waals surface area contributed by atoms with E-state index < -0.39 is 11.9 Å². The van der Waals surface area contributed by atoms with Gasteiger partial charge in [-0.25, -0.2) is 0 Å². The van der Waals surface area contributed by atoms with Gasteiger partial charge in [0, 0.05) is 25.0 Å². The number of aliphatic carboxylic acids is 2. The van der Waals surface area contributed by atoms with Crippen molar-refractivity contribution in [1.29, 1.82) is 0 Å². The summed E-state index contributed by atoms with van der Waals surface area (Å²) in [5.74, 6) is -1.89. The van der Waals surface area contributed by atoms with E-state index in [0.717, 1.165) is 77.5 Å². The van der Waals surface area contributed by atoms with Gasteiger partial charge in [-0.15, -0.1) is 26.3 Å². The normalized spacial score (nSPS) is 10.5. The van der Waals surface area contributed by atoms with Crippen molar-refractivity contribution in [3.8, 4) is 0 Å². The van der Waals surface area contributed by atoms with E-state index in [-0.39, 0.29) is 50.6 Å². The van der Waals surface area contributed by atoms with Crippen LogP contribution in [-0.4, -0.2) is 98.7 Å². The maximum atomic E-state index is 10.6. The summed E-state index contributed by atoms with van der Waals surface area (Å²) in [6.07, 6.45) is 31.9. The van der Waals surface area contributed by atoms with Crippen molar-refractivity contribution in [2.24, 2.45) is 0 Å². The fourth-order valence-corrected chi connectivity index (χ4v) is 5.08. The number of carbonyl (C=O) groups is 2. The minimum Gasteiger partial charge on any atom is -0.550 e. The minimum absolute atomic E-state index is 0. The molecular formula is C38H68CaN2O4. The van der Waals surface area contributed by atoms with E-state index in [2.05, 4.69) is 36.1 Å². The minimum atomic E-state index is -0.943. The van der Waals surface area contributed by atoms with Crippen LogP contribution >= 0.6 is 0 Å². The molecule has 0 radical (unpaired) electrons. The van der Waals surface area contributed by atoms with Crippen LogP contribution in [0.4, 0.5) is 0 Å². The van der Waals surface area contributed by atoms with E-state index >= 15 is 0 Å². The van der Waals surface area contributed by atoms with E-state index in [1.54, 1.807) is 0 Å². The Morgan fingerprint density at radius 3 is 0.822 bits per heavy atom. The second-order valence-corrected chi connectivity index (χ2v) is 11.9. The van der Waals surface area contributed by atoms with E-state index in [9.17, 15) is 19.8 Å². The molecule has 6 nitrogen and oxygen atoms in total. The third-order valence-electron chi connectivity index (χ3n) is 7.79. The molecule has 7 heteroatoms. The summed E-state index contributed by atoms with van der Waals surface area (Å²) in [5.41, 5.74) is 0. The van der Waals surface area contributed by atoms with Crippen LogP contribution in [0, 0.1) is 0 Å². The maximum Gasteiger partial charge on any atom is 2.00 e. The molecule has 0 bridgehead atoms. The zero-order chi connectivity index (χ0) is 32.9. The van der Waals surface area contributed by atoms with Crippen molar-refractivity contribution in [2.75, 3.05) is 39.3 Å². The van der Waals surface area contributed by atoms with E-state index in [1.807, 2.05) is 24.3 Å². The molecule has 0 rings (SSSR count). The van der Waals surface area contributed by atoms with Crippen LogP contribution < -0.4 is 10.2 Å². The van der Waals surface area contributed by atoms with E-state index in [4.69, 9.17) is 0 Å². The Morgan fingerprint density at radius 2 is 0.622 bits per heavy atom. The maximum absolute atomic E-state index is 10.6. The summed E-state index contributed by atoms with van der Waals surface area (Å²) in [4.78, 5) is 25.9. The SMILES string of the molecule is C=CCCCCCCN(CCCCCCC=C)CCC(=O)[O-].C=CCCCCCCN(CCCCCCC=C)CCC(=O)[O-].[Ca+2]. The number of rotatable bonds is 34. The molecule has 0 aliphatic heterocycles. The van der Waals surface area contributed by atoms with Gasteiger partial charge in [-0.05, 0) is 116 Å². The Labute approximate surface area is 308 Å². The van der Waals surface area contributed by atoms with Crippen LogP contribution in [0.15, 0.2) is 50.6 Å². The third-order valence-corrected chi connectivity index (χ3v) is 7.79. The van der Waals surface area contributed by atoms with Gasteiger partial charge in [0.2, 0.25) is 0 Å². The molecule has 0 saturated carbocycles. The summed E-state index contributed by atoms with van der Waals surface area (Å²) in [6.45, 7) is 20.2. The first kappa shape index (κ1) is 48.5. The number of hydrogen-bond acceptors (Lipinski definition) is 6. The van der Waals surface area contributed by atoms with Gasteiger partial charge in [-0.2, -0.15) is 0 Å². The molecule has 45 heavy (non-hydrogen) atoms. The van der Waals surface area contributed by atoms with Crippen LogP contribution in [-0.2, 0) is 9.59 Å². The fourth-order valence-electron chi connectivity index (χ4n) is 5.08. The van der Waals surface area contributed by atoms with Crippen LogP contribution in [0.2, 0.25) is 0 Å². The number of carbonyl (C=O) groups excluding carboxylic acids is 2. The first-order valence-electron chi connectivity index (χ1n) is 17.7. The van der Waals surface area contributed by atoms with Crippen molar-refractivity contribution in [2.45, 2.75) is 141 Å². The standard InChI is InChI=1S/2C19H35NO2.Ca/c2*1-3-5-7-9-11-13-16-20(18-15-19(21)22)17-14-12-10-8-6-4-2;/h2*3-4H,1-2,5-18H2,(H,21,22);/q;;+2/p-2. The Bertz CT molecular complexity index is 603. The molecule has 0 saturated heterocycles. The van der Waals surface area contributed by atoms with Crippen molar-refractivity contribution in [3.63, 3.8) is 0 Å². The van der Waals surface area contributed by atoms with Crippen molar-refractivity contribution in [3.05, 3.63) is 50.6 Å². The molecule has 0 heterocycles. The summed E-state index contributed by atoms with van der Waals surface area (Å²) in [7, 11) is 0. The van der Waals surface area contributed by atoms with E-state index in [1.165, 1.54) is 77.0 Å². The molecule has 0 atom stereocenters. The summed E-state index contributed by atoms with van der Waals surface area (Å²) in [6, 6.07) is 0. The zero-order valence-corrected chi connectivity index (χ0v) is 31.4. The van der Waals surface area contributed by atoms with Crippen molar-refractivity contribution in [1.82, 2.24) is 9.80 Å². The Morgan fingerprint density at radius 1 is 0.400 bits per heavy atom. The molecule has 0 N–H and O–H groups in total. The van der Waals surface area contributed by atoms with Crippen LogP contribution in [0.1, 0.15) is 141 Å². The van der Waals surface area contributed by atoms with Crippen LogP contribution in [0.3, 0.4) is 0 Å². The van der Waals surface area contributed by atoms with Crippen molar-refractivity contribution < 1.29 is 19.8 Å². The molecule has 0 fully saturated rings. The summed E-state index contributed by atoms with van der Waals surface area (Å²) < 4.78 is 0. The molecule has 0 aromatic heterocycles. The third kappa shape index (κ3) is 43.1. The number of hydrogen-bond donors (Lipinski definition) is 0. The number of carboxylic acid groups (broad SMARTS) is 2. The molecule has 0 aliphatic carbocycles. The second kappa shape index (κ2) is 41.1. The monoisotopic (exact) mass is 656 g/mol. The topological polar surface area (TPSA) is 86.7 Å². The number of allylic oxidation sites excluding steroid dienone is 4. The molecule has 0 aromatic rings. The second-order valence-electron chi connectivity index (χ2n) is 11.9. The van der Waals surface area contributed by atoms with Gasteiger partial charge in [-0.3, -0.25) is 0 Å². The average molecular weight is 657 g/mol.